The first kappa shape index (κ1) is 15.0. The molecule has 0 bridgehead atoms. The van der Waals surface area contributed by atoms with Gasteiger partial charge in [-0.2, -0.15) is 4.57 Å². The molecule has 5 heteroatoms. The van der Waals surface area contributed by atoms with Gasteiger partial charge in [0, 0.05) is 30.9 Å². The van der Waals surface area contributed by atoms with Crippen molar-refractivity contribution < 1.29 is 21.7 Å². The number of para-hydroxylation sites is 2. The van der Waals surface area contributed by atoms with Gasteiger partial charge in [-0.05, 0) is 18.2 Å². The molecule has 114 valence electrons. The SMILES string of the molecule is C[n+]1c2ccccc2nc2ccc(N3CCOCC3)cc21.[Cl-]. The number of nitrogens with zero attached hydrogens (tertiary/aromatic N) is 3. The lowest BCUT2D eigenvalue weighted by atomic mass is 10.2. The molecule has 0 saturated carbocycles. The normalized spacial score (nSPS) is 15.0. The van der Waals surface area contributed by atoms with Gasteiger partial charge in [0.25, 0.3) is 0 Å². The second-order valence-electron chi connectivity index (χ2n) is 5.43. The van der Waals surface area contributed by atoms with Crippen LogP contribution in [-0.4, -0.2) is 31.3 Å². The van der Waals surface area contributed by atoms with Gasteiger partial charge in [0.05, 0.1) is 13.2 Å². The van der Waals surface area contributed by atoms with E-state index in [1.165, 1.54) is 5.69 Å². The molecule has 3 aromatic rings. The van der Waals surface area contributed by atoms with Gasteiger partial charge >= 0.3 is 0 Å². The Balaban J connectivity index is 0.00000144. The fraction of sp³-hybridized carbons (Fsp3) is 0.294. The van der Waals surface area contributed by atoms with Gasteiger partial charge in [0.1, 0.15) is 18.1 Å². The first-order valence-electron chi connectivity index (χ1n) is 7.34. The van der Waals surface area contributed by atoms with Crippen molar-refractivity contribution in [3.05, 3.63) is 42.5 Å². The minimum Gasteiger partial charge on any atom is -1.00 e. The van der Waals surface area contributed by atoms with Crippen molar-refractivity contribution in [3.63, 3.8) is 0 Å². The first-order chi connectivity index (χ1) is 10.3. The van der Waals surface area contributed by atoms with Crippen molar-refractivity contribution in [2.45, 2.75) is 0 Å². The minimum atomic E-state index is 0. The molecule has 22 heavy (non-hydrogen) atoms. The van der Waals surface area contributed by atoms with E-state index in [4.69, 9.17) is 9.72 Å². The molecule has 0 N–H and O–H groups in total. The smallest absolute Gasteiger partial charge is 0.233 e. The highest BCUT2D eigenvalue weighted by molar-refractivity contribution is 5.83. The van der Waals surface area contributed by atoms with Crippen LogP contribution in [0.3, 0.4) is 0 Å². The molecule has 1 aliphatic heterocycles. The summed E-state index contributed by atoms with van der Waals surface area (Å²) in [5.41, 5.74) is 5.64. The molecule has 0 radical (unpaired) electrons. The number of hydrogen-bond donors (Lipinski definition) is 0. The number of anilines is 1. The number of halogens is 1. The van der Waals surface area contributed by atoms with Crippen LogP contribution in [0.15, 0.2) is 42.5 Å². The summed E-state index contributed by atoms with van der Waals surface area (Å²) >= 11 is 0. The molecule has 2 heterocycles. The highest BCUT2D eigenvalue weighted by atomic mass is 35.5. The zero-order valence-electron chi connectivity index (χ0n) is 12.5. The van der Waals surface area contributed by atoms with Crippen molar-refractivity contribution in [2.75, 3.05) is 31.2 Å². The number of ether oxygens (including phenoxy) is 1. The molecule has 1 saturated heterocycles. The summed E-state index contributed by atoms with van der Waals surface area (Å²) in [5.74, 6) is 0. The highest BCUT2D eigenvalue weighted by Crippen LogP contribution is 2.21. The molecule has 1 fully saturated rings. The second-order valence-corrected chi connectivity index (χ2v) is 5.43. The van der Waals surface area contributed by atoms with Crippen molar-refractivity contribution in [1.29, 1.82) is 0 Å². The van der Waals surface area contributed by atoms with Crippen LogP contribution in [0.2, 0.25) is 0 Å². The zero-order chi connectivity index (χ0) is 14.2. The van der Waals surface area contributed by atoms with Crippen molar-refractivity contribution in [3.8, 4) is 0 Å². The Hall–Kier alpha value is -1.91. The number of morpholine rings is 1. The van der Waals surface area contributed by atoms with E-state index in [-0.39, 0.29) is 12.4 Å². The molecule has 4 nitrogen and oxygen atoms in total. The summed E-state index contributed by atoms with van der Waals surface area (Å²) in [5, 5.41) is 0. The van der Waals surface area contributed by atoms with Gasteiger partial charge < -0.3 is 22.0 Å². The average molecular weight is 316 g/mol. The van der Waals surface area contributed by atoms with Gasteiger partial charge in [-0.3, -0.25) is 0 Å². The third-order valence-corrected chi connectivity index (χ3v) is 4.18. The van der Waals surface area contributed by atoms with Gasteiger partial charge in [-0.1, -0.05) is 12.1 Å². The first-order valence-corrected chi connectivity index (χ1v) is 7.34. The van der Waals surface area contributed by atoms with E-state index in [1.807, 2.05) is 6.07 Å². The Bertz CT molecular complexity index is 815. The van der Waals surface area contributed by atoms with Crippen LogP contribution in [0.5, 0.6) is 0 Å². The number of benzene rings is 2. The molecule has 0 spiro atoms. The minimum absolute atomic E-state index is 0. The second kappa shape index (κ2) is 6.07. The third kappa shape index (κ3) is 2.49. The van der Waals surface area contributed by atoms with E-state index < -0.39 is 0 Å². The molecule has 4 rings (SSSR count). The predicted octanol–water partition coefficient (Wildman–Crippen LogP) is -0.947. The maximum atomic E-state index is 5.43. The highest BCUT2D eigenvalue weighted by Gasteiger charge is 2.16. The largest absolute Gasteiger partial charge is 1.00 e. The van der Waals surface area contributed by atoms with Crippen LogP contribution in [-0.2, 0) is 11.8 Å². The fourth-order valence-electron chi connectivity index (χ4n) is 3.00. The number of fused-ring (bicyclic) bond motifs is 2. The molecule has 1 aromatic heterocycles. The Morgan fingerprint density at radius 2 is 1.73 bits per heavy atom. The van der Waals surface area contributed by atoms with Gasteiger partial charge in [0.2, 0.25) is 11.0 Å². The zero-order valence-corrected chi connectivity index (χ0v) is 13.3. The van der Waals surface area contributed by atoms with Gasteiger partial charge in [0.15, 0.2) is 0 Å². The van der Waals surface area contributed by atoms with Gasteiger partial charge in [-0.25, -0.2) is 4.98 Å². The van der Waals surface area contributed by atoms with Crippen molar-refractivity contribution >= 4 is 27.8 Å². The van der Waals surface area contributed by atoms with E-state index >= 15 is 0 Å². The van der Waals surface area contributed by atoms with E-state index in [1.54, 1.807) is 0 Å². The van der Waals surface area contributed by atoms with E-state index in [2.05, 4.69) is 52.9 Å². The molecule has 0 aliphatic carbocycles. The van der Waals surface area contributed by atoms with Gasteiger partial charge in [-0.15, -0.1) is 0 Å². The van der Waals surface area contributed by atoms with E-state index in [9.17, 15) is 0 Å². The monoisotopic (exact) mass is 315 g/mol. The molecule has 1 aliphatic rings. The molecular weight excluding hydrogens is 298 g/mol. The van der Waals surface area contributed by atoms with E-state index in [0.29, 0.717) is 0 Å². The summed E-state index contributed by atoms with van der Waals surface area (Å²) < 4.78 is 7.65. The number of aromatic nitrogens is 2. The van der Waals surface area contributed by atoms with Crippen molar-refractivity contribution in [2.24, 2.45) is 7.05 Å². The summed E-state index contributed by atoms with van der Waals surface area (Å²) in [6.45, 7) is 3.52. The Labute approximate surface area is 135 Å². The van der Waals surface area contributed by atoms with Crippen LogP contribution in [0.25, 0.3) is 22.1 Å². The molecular formula is C17H18ClN3O. The van der Waals surface area contributed by atoms with Crippen LogP contribution in [0.4, 0.5) is 5.69 Å². The summed E-state index contributed by atoms with van der Waals surface area (Å²) in [4.78, 5) is 7.13. The summed E-state index contributed by atoms with van der Waals surface area (Å²) in [6, 6.07) is 14.8. The fourth-order valence-corrected chi connectivity index (χ4v) is 3.00. The topological polar surface area (TPSA) is 29.2 Å². The number of rotatable bonds is 1. The lowest BCUT2D eigenvalue weighted by molar-refractivity contribution is -0.617. The van der Waals surface area contributed by atoms with Crippen LogP contribution >= 0.6 is 0 Å². The lowest BCUT2D eigenvalue weighted by Gasteiger charge is -2.28. The molecule has 0 amide bonds. The molecule has 2 aromatic carbocycles. The average Bonchev–Trinajstić information content (AvgIpc) is 2.56. The number of hydrogen-bond acceptors (Lipinski definition) is 3. The van der Waals surface area contributed by atoms with Crippen LogP contribution in [0.1, 0.15) is 0 Å². The van der Waals surface area contributed by atoms with E-state index in [0.717, 1.165) is 48.4 Å². The van der Waals surface area contributed by atoms with Crippen LogP contribution < -0.4 is 21.9 Å². The standard InChI is InChI=1S/C17H18N3O.ClH/c1-19-16-5-3-2-4-14(16)18-15-7-6-13(12-17(15)19)20-8-10-21-11-9-20;/h2-7,12H,8-11H2,1H3;1H/q+1;/p-1. The predicted molar refractivity (Wildman–Crippen MR) is 83.5 cm³/mol. The molecule has 0 unspecified atom stereocenters. The van der Waals surface area contributed by atoms with Crippen LogP contribution in [0, 0.1) is 0 Å². The maximum Gasteiger partial charge on any atom is 0.233 e. The Kier molecular flexibility index (Phi) is 4.14. The lowest BCUT2D eigenvalue weighted by Crippen LogP contribution is -3.00. The summed E-state index contributed by atoms with van der Waals surface area (Å²) in [6.07, 6.45) is 0. The molecule has 0 atom stereocenters. The Morgan fingerprint density at radius 1 is 1.00 bits per heavy atom. The quantitative estimate of drug-likeness (QED) is 0.428. The number of aryl methyl sites for hydroxylation is 1. The van der Waals surface area contributed by atoms with Crippen molar-refractivity contribution in [1.82, 2.24) is 4.98 Å². The Morgan fingerprint density at radius 3 is 2.55 bits per heavy atom. The summed E-state index contributed by atoms with van der Waals surface area (Å²) in [7, 11) is 2.11. The third-order valence-electron chi connectivity index (χ3n) is 4.18. The maximum absolute atomic E-state index is 5.43.